The third-order valence-corrected chi connectivity index (χ3v) is 4.88. The molecule has 0 aliphatic heterocycles. The molecule has 2 aliphatic rings. The zero-order valence-corrected chi connectivity index (χ0v) is 13.1. The van der Waals surface area contributed by atoms with Gasteiger partial charge in [-0.05, 0) is 38.5 Å². The summed E-state index contributed by atoms with van der Waals surface area (Å²) in [6, 6.07) is -0.942. The molecule has 0 heterocycles. The van der Waals surface area contributed by atoms with E-state index in [4.69, 9.17) is 5.11 Å². The Labute approximate surface area is 131 Å². The predicted octanol–water partition coefficient (Wildman–Crippen LogP) is 1.44. The van der Waals surface area contributed by atoms with Crippen molar-refractivity contribution in [1.82, 2.24) is 10.6 Å². The molecule has 2 fully saturated rings. The Morgan fingerprint density at radius 1 is 1.09 bits per heavy atom. The van der Waals surface area contributed by atoms with Crippen molar-refractivity contribution in [3.05, 3.63) is 0 Å². The fraction of sp³-hybridized carbons (Fsp3) is 0.812. The zero-order chi connectivity index (χ0) is 16.1. The van der Waals surface area contributed by atoms with Crippen LogP contribution in [0.1, 0.15) is 58.3 Å². The Hall–Kier alpha value is -1.59. The van der Waals surface area contributed by atoms with Crippen molar-refractivity contribution >= 4 is 17.8 Å². The van der Waals surface area contributed by atoms with E-state index in [0.29, 0.717) is 25.2 Å². The number of carbonyl (C=O) groups is 3. The number of hydrogen-bond acceptors (Lipinski definition) is 3. The Morgan fingerprint density at radius 3 is 2.41 bits per heavy atom. The molecule has 3 N–H and O–H groups in total. The molecule has 0 saturated heterocycles. The third-order valence-electron chi connectivity index (χ3n) is 4.88. The SMILES string of the molecule is C[C@H](NC(=O)CC1CCCC1)C(=O)N[C@@H]1CCC[C@@H]1C(=O)O. The van der Waals surface area contributed by atoms with Crippen LogP contribution in [0.3, 0.4) is 0 Å². The van der Waals surface area contributed by atoms with E-state index in [1.165, 1.54) is 12.8 Å². The molecule has 6 heteroatoms. The quantitative estimate of drug-likeness (QED) is 0.692. The molecule has 2 saturated carbocycles. The minimum absolute atomic E-state index is 0.0873. The molecule has 2 amide bonds. The molecule has 2 aliphatic carbocycles. The highest BCUT2D eigenvalue weighted by Gasteiger charge is 2.34. The lowest BCUT2D eigenvalue weighted by molar-refractivity contribution is -0.142. The summed E-state index contributed by atoms with van der Waals surface area (Å²) in [6.45, 7) is 1.65. The van der Waals surface area contributed by atoms with Gasteiger partial charge >= 0.3 is 5.97 Å². The number of carbonyl (C=O) groups excluding carboxylic acids is 2. The van der Waals surface area contributed by atoms with E-state index in [1.807, 2.05) is 0 Å². The van der Waals surface area contributed by atoms with Crippen molar-refractivity contribution < 1.29 is 19.5 Å². The van der Waals surface area contributed by atoms with E-state index in [-0.39, 0.29) is 17.9 Å². The second kappa shape index (κ2) is 7.61. The van der Waals surface area contributed by atoms with E-state index in [9.17, 15) is 14.4 Å². The first-order chi connectivity index (χ1) is 10.5. The van der Waals surface area contributed by atoms with E-state index in [1.54, 1.807) is 6.92 Å². The van der Waals surface area contributed by atoms with Crippen LogP contribution in [-0.4, -0.2) is 35.0 Å². The zero-order valence-electron chi connectivity index (χ0n) is 13.1. The highest BCUT2D eigenvalue weighted by Crippen LogP contribution is 2.27. The standard InChI is InChI=1S/C16H26N2O4/c1-10(17-14(19)9-11-5-2-3-6-11)15(20)18-13-8-4-7-12(13)16(21)22/h10-13H,2-9H2,1H3,(H,17,19)(H,18,20)(H,21,22)/t10-,12-,13+/m0/s1. The van der Waals surface area contributed by atoms with E-state index in [2.05, 4.69) is 10.6 Å². The minimum atomic E-state index is -0.860. The maximum absolute atomic E-state index is 12.1. The monoisotopic (exact) mass is 310 g/mol. The van der Waals surface area contributed by atoms with Gasteiger partial charge in [-0.25, -0.2) is 0 Å². The number of hydrogen-bond donors (Lipinski definition) is 3. The first-order valence-electron chi connectivity index (χ1n) is 8.30. The van der Waals surface area contributed by atoms with Gasteiger partial charge in [0.1, 0.15) is 6.04 Å². The molecular weight excluding hydrogens is 284 g/mol. The molecule has 0 unspecified atom stereocenters. The van der Waals surface area contributed by atoms with Gasteiger partial charge in [0.2, 0.25) is 11.8 Å². The van der Waals surface area contributed by atoms with Crippen molar-refractivity contribution in [3.8, 4) is 0 Å². The van der Waals surface area contributed by atoms with Crippen LogP contribution in [0.4, 0.5) is 0 Å². The number of nitrogens with one attached hydrogen (secondary N) is 2. The lowest BCUT2D eigenvalue weighted by atomic mass is 10.0. The summed E-state index contributed by atoms with van der Waals surface area (Å²) in [5, 5.41) is 14.6. The summed E-state index contributed by atoms with van der Waals surface area (Å²) in [5.74, 6) is -1.30. The molecule has 2 rings (SSSR count). The van der Waals surface area contributed by atoms with Crippen LogP contribution >= 0.6 is 0 Å². The highest BCUT2D eigenvalue weighted by atomic mass is 16.4. The maximum Gasteiger partial charge on any atom is 0.308 e. The summed E-state index contributed by atoms with van der Waals surface area (Å²) in [6.07, 6.45) is 7.14. The number of amides is 2. The van der Waals surface area contributed by atoms with Crippen molar-refractivity contribution in [2.24, 2.45) is 11.8 Å². The van der Waals surface area contributed by atoms with E-state index in [0.717, 1.165) is 19.3 Å². The van der Waals surface area contributed by atoms with Gasteiger partial charge < -0.3 is 15.7 Å². The molecule has 22 heavy (non-hydrogen) atoms. The van der Waals surface area contributed by atoms with Crippen LogP contribution < -0.4 is 10.6 Å². The largest absolute Gasteiger partial charge is 0.481 e. The van der Waals surface area contributed by atoms with Gasteiger partial charge in [0.15, 0.2) is 0 Å². The lowest BCUT2D eigenvalue weighted by Crippen LogP contribution is -2.50. The van der Waals surface area contributed by atoms with E-state index >= 15 is 0 Å². The summed E-state index contributed by atoms with van der Waals surface area (Å²) < 4.78 is 0. The first kappa shape index (κ1) is 16.8. The second-order valence-electron chi connectivity index (χ2n) is 6.63. The van der Waals surface area contributed by atoms with Crippen LogP contribution in [0.2, 0.25) is 0 Å². The van der Waals surface area contributed by atoms with Crippen molar-refractivity contribution in [3.63, 3.8) is 0 Å². The minimum Gasteiger partial charge on any atom is -0.481 e. The average molecular weight is 310 g/mol. The molecule has 0 aromatic rings. The smallest absolute Gasteiger partial charge is 0.308 e. The fourth-order valence-corrected chi connectivity index (χ4v) is 3.58. The molecule has 0 radical (unpaired) electrons. The number of aliphatic carboxylic acids is 1. The van der Waals surface area contributed by atoms with E-state index < -0.39 is 17.9 Å². The molecule has 0 spiro atoms. The summed E-state index contributed by atoms with van der Waals surface area (Å²) in [5.41, 5.74) is 0. The highest BCUT2D eigenvalue weighted by molar-refractivity contribution is 5.88. The topological polar surface area (TPSA) is 95.5 Å². The van der Waals surface area contributed by atoms with Gasteiger partial charge in [0, 0.05) is 12.5 Å². The average Bonchev–Trinajstić information content (AvgIpc) is 3.09. The van der Waals surface area contributed by atoms with Crippen molar-refractivity contribution in [2.75, 3.05) is 0 Å². The Bertz CT molecular complexity index is 432. The lowest BCUT2D eigenvalue weighted by Gasteiger charge is -2.21. The van der Waals surface area contributed by atoms with Crippen molar-refractivity contribution in [2.45, 2.75) is 70.4 Å². The summed E-state index contributed by atoms with van der Waals surface area (Å²) >= 11 is 0. The molecule has 0 aromatic heterocycles. The van der Waals surface area contributed by atoms with Gasteiger partial charge in [-0.2, -0.15) is 0 Å². The Balaban J connectivity index is 1.76. The molecule has 3 atom stereocenters. The van der Waals surface area contributed by atoms with Gasteiger partial charge in [0.05, 0.1) is 5.92 Å². The van der Waals surface area contributed by atoms with Gasteiger partial charge in [0.25, 0.3) is 0 Å². The fourth-order valence-electron chi connectivity index (χ4n) is 3.58. The van der Waals surface area contributed by atoms with Crippen LogP contribution in [0, 0.1) is 11.8 Å². The van der Waals surface area contributed by atoms with Crippen LogP contribution in [0.5, 0.6) is 0 Å². The second-order valence-corrected chi connectivity index (χ2v) is 6.63. The van der Waals surface area contributed by atoms with Gasteiger partial charge in [-0.1, -0.05) is 19.3 Å². The normalized spacial score (nSPS) is 26.6. The van der Waals surface area contributed by atoms with Crippen LogP contribution in [-0.2, 0) is 14.4 Å². The van der Waals surface area contributed by atoms with Crippen LogP contribution in [0.15, 0.2) is 0 Å². The number of rotatable bonds is 6. The Morgan fingerprint density at radius 2 is 1.77 bits per heavy atom. The molecule has 6 nitrogen and oxygen atoms in total. The first-order valence-corrected chi connectivity index (χ1v) is 8.30. The molecular formula is C16H26N2O4. The van der Waals surface area contributed by atoms with Gasteiger partial charge in [-0.15, -0.1) is 0 Å². The maximum atomic E-state index is 12.1. The third kappa shape index (κ3) is 4.45. The predicted molar refractivity (Wildman–Crippen MR) is 81.1 cm³/mol. The summed E-state index contributed by atoms with van der Waals surface area (Å²) in [4.78, 5) is 35.2. The van der Waals surface area contributed by atoms with Crippen molar-refractivity contribution in [1.29, 1.82) is 0 Å². The Kier molecular flexibility index (Phi) is 5.80. The number of carboxylic acids is 1. The summed E-state index contributed by atoms with van der Waals surface area (Å²) in [7, 11) is 0. The van der Waals surface area contributed by atoms with Gasteiger partial charge in [-0.3, -0.25) is 14.4 Å². The number of carboxylic acid groups (broad SMARTS) is 1. The molecule has 124 valence electrons. The van der Waals surface area contributed by atoms with Crippen LogP contribution in [0.25, 0.3) is 0 Å². The molecule has 0 aromatic carbocycles. The molecule has 0 bridgehead atoms.